The first-order valence-electron chi connectivity index (χ1n) is 4.41. The molecule has 0 saturated carbocycles. The van der Waals surface area contributed by atoms with E-state index >= 15 is 0 Å². The fourth-order valence-corrected chi connectivity index (χ4v) is 1.62. The van der Waals surface area contributed by atoms with Crippen molar-refractivity contribution >= 4 is 17.2 Å². The predicted octanol–water partition coefficient (Wildman–Crippen LogP) is 0.951. The molecule has 2 unspecified atom stereocenters. The van der Waals surface area contributed by atoms with Gasteiger partial charge in [0.15, 0.2) is 0 Å². The largest absolute Gasteiger partial charge is 0.391 e. The van der Waals surface area contributed by atoms with Crippen molar-refractivity contribution in [2.24, 2.45) is 0 Å². The number of aryl methyl sites for hydroxylation is 1. The van der Waals surface area contributed by atoms with Gasteiger partial charge in [-0.25, -0.2) is 4.98 Å². The maximum atomic E-state index is 11.6. The van der Waals surface area contributed by atoms with E-state index in [1.807, 2.05) is 0 Å². The number of amides is 1. The number of aliphatic hydroxyl groups excluding tert-OH is 1. The van der Waals surface area contributed by atoms with E-state index in [0.717, 1.165) is 5.69 Å². The summed E-state index contributed by atoms with van der Waals surface area (Å²) >= 11 is 1.31. The molecule has 1 heterocycles. The lowest BCUT2D eigenvalue weighted by Crippen LogP contribution is -2.39. The van der Waals surface area contributed by atoms with Crippen LogP contribution in [0.25, 0.3) is 0 Å². The zero-order valence-corrected chi connectivity index (χ0v) is 9.26. The quantitative estimate of drug-likeness (QED) is 0.787. The van der Waals surface area contributed by atoms with Crippen molar-refractivity contribution in [3.8, 4) is 0 Å². The number of hydrogen-bond acceptors (Lipinski definition) is 4. The van der Waals surface area contributed by atoms with Gasteiger partial charge >= 0.3 is 0 Å². The van der Waals surface area contributed by atoms with Crippen LogP contribution in [0.1, 0.15) is 29.2 Å². The predicted molar refractivity (Wildman–Crippen MR) is 55.5 cm³/mol. The van der Waals surface area contributed by atoms with Crippen LogP contribution in [0.5, 0.6) is 0 Å². The number of carbonyl (C=O) groups is 1. The lowest BCUT2D eigenvalue weighted by Gasteiger charge is -2.15. The van der Waals surface area contributed by atoms with E-state index < -0.39 is 6.10 Å². The van der Waals surface area contributed by atoms with Gasteiger partial charge in [0.1, 0.15) is 4.88 Å². The van der Waals surface area contributed by atoms with Crippen LogP contribution in [0.4, 0.5) is 0 Å². The van der Waals surface area contributed by atoms with Crippen LogP contribution in [-0.4, -0.2) is 28.1 Å². The molecule has 0 aliphatic carbocycles. The summed E-state index contributed by atoms with van der Waals surface area (Å²) in [7, 11) is 0. The van der Waals surface area contributed by atoms with Gasteiger partial charge in [-0.2, -0.15) is 0 Å². The van der Waals surface area contributed by atoms with Gasteiger partial charge in [-0.3, -0.25) is 4.79 Å². The summed E-state index contributed by atoms with van der Waals surface area (Å²) < 4.78 is 0. The molecule has 5 heteroatoms. The van der Waals surface area contributed by atoms with Crippen LogP contribution in [0, 0.1) is 6.92 Å². The maximum absolute atomic E-state index is 11.6. The first-order valence-corrected chi connectivity index (χ1v) is 5.29. The third-order valence-corrected chi connectivity index (χ3v) is 2.96. The standard InChI is InChI=1S/C9H14N2O2S/c1-5(7(3)12)11-9(13)8-6(2)10-4-14-8/h4-5,7,12H,1-3H3,(H,11,13). The molecule has 0 spiro atoms. The Labute approximate surface area is 87.0 Å². The second kappa shape index (κ2) is 4.52. The molecule has 4 nitrogen and oxygen atoms in total. The van der Waals surface area contributed by atoms with Crippen LogP contribution in [0.2, 0.25) is 0 Å². The highest BCUT2D eigenvalue weighted by molar-refractivity contribution is 7.11. The molecule has 0 aromatic carbocycles. The van der Waals surface area contributed by atoms with Crippen molar-refractivity contribution in [2.75, 3.05) is 0 Å². The molecule has 0 fully saturated rings. The molecule has 0 aliphatic rings. The third-order valence-electron chi connectivity index (χ3n) is 2.03. The summed E-state index contributed by atoms with van der Waals surface area (Å²) in [6.07, 6.45) is -0.549. The molecule has 0 radical (unpaired) electrons. The van der Waals surface area contributed by atoms with Crippen molar-refractivity contribution in [3.05, 3.63) is 16.1 Å². The normalized spacial score (nSPS) is 14.9. The first-order chi connectivity index (χ1) is 6.52. The number of aromatic nitrogens is 1. The van der Waals surface area contributed by atoms with Crippen LogP contribution in [0.3, 0.4) is 0 Å². The highest BCUT2D eigenvalue weighted by atomic mass is 32.1. The number of rotatable bonds is 3. The zero-order chi connectivity index (χ0) is 10.7. The minimum Gasteiger partial charge on any atom is -0.391 e. The van der Waals surface area contributed by atoms with Gasteiger partial charge in [0, 0.05) is 0 Å². The number of nitrogens with zero attached hydrogens (tertiary/aromatic N) is 1. The Morgan fingerprint density at radius 3 is 2.71 bits per heavy atom. The molecule has 0 bridgehead atoms. The summed E-state index contributed by atoms with van der Waals surface area (Å²) in [6.45, 7) is 5.20. The summed E-state index contributed by atoms with van der Waals surface area (Å²) in [4.78, 5) is 16.2. The van der Waals surface area contributed by atoms with Gasteiger partial charge in [0.25, 0.3) is 5.91 Å². The second-order valence-electron chi connectivity index (χ2n) is 3.27. The number of hydrogen-bond donors (Lipinski definition) is 2. The Hall–Kier alpha value is -0.940. The van der Waals surface area contributed by atoms with Gasteiger partial charge in [0.05, 0.1) is 23.4 Å². The number of thiazole rings is 1. The molecule has 1 aromatic rings. The van der Waals surface area contributed by atoms with Crippen LogP contribution in [-0.2, 0) is 0 Å². The lowest BCUT2D eigenvalue weighted by atomic mass is 10.2. The molecule has 1 rings (SSSR count). The van der Waals surface area contributed by atoms with Gasteiger partial charge in [-0.05, 0) is 20.8 Å². The molecular weight excluding hydrogens is 200 g/mol. The van der Waals surface area contributed by atoms with E-state index in [1.165, 1.54) is 11.3 Å². The molecule has 0 saturated heterocycles. The molecule has 1 amide bonds. The Kier molecular flexibility index (Phi) is 3.60. The van der Waals surface area contributed by atoms with Crippen molar-refractivity contribution in [1.29, 1.82) is 0 Å². The summed E-state index contributed by atoms with van der Waals surface area (Å²) in [6, 6.07) is -0.246. The third kappa shape index (κ3) is 2.52. The van der Waals surface area contributed by atoms with Crippen molar-refractivity contribution in [3.63, 3.8) is 0 Å². The van der Waals surface area contributed by atoms with E-state index in [1.54, 1.807) is 26.3 Å². The second-order valence-corrected chi connectivity index (χ2v) is 4.12. The minimum absolute atomic E-state index is 0.168. The Morgan fingerprint density at radius 2 is 2.29 bits per heavy atom. The van der Waals surface area contributed by atoms with E-state index in [4.69, 9.17) is 0 Å². The maximum Gasteiger partial charge on any atom is 0.263 e. The van der Waals surface area contributed by atoms with E-state index in [0.29, 0.717) is 4.88 Å². The minimum atomic E-state index is -0.549. The number of nitrogens with one attached hydrogen (secondary N) is 1. The molecule has 0 aliphatic heterocycles. The topological polar surface area (TPSA) is 62.2 Å². The van der Waals surface area contributed by atoms with Crippen LogP contribution < -0.4 is 5.32 Å². The average molecular weight is 214 g/mol. The SMILES string of the molecule is Cc1ncsc1C(=O)NC(C)C(C)O. The molecule has 14 heavy (non-hydrogen) atoms. The molecule has 78 valence electrons. The smallest absolute Gasteiger partial charge is 0.263 e. The van der Waals surface area contributed by atoms with Crippen molar-refractivity contribution < 1.29 is 9.90 Å². The molecule has 2 N–H and O–H groups in total. The first kappa shape index (κ1) is 11.1. The van der Waals surface area contributed by atoms with E-state index in [9.17, 15) is 9.90 Å². The zero-order valence-electron chi connectivity index (χ0n) is 8.44. The summed E-state index contributed by atoms with van der Waals surface area (Å²) in [5.74, 6) is -0.168. The van der Waals surface area contributed by atoms with Crippen LogP contribution >= 0.6 is 11.3 Å². The highest BCUT2D eigenvalue weighted by Crippen LogP contribution is 2.11. The number of carbonyl (C=O) groups excluding carboxylic acids is 1. The Morgan fingerprint density at radius 1 is 1.64 bits per heavy atom. The van der Waals surface area contributed by atoms with Crippen molar-refractivity contribution in [1.82, 2.24) is 10.3 Å². The number of aliphatic hydroxyl groups is 1. The van der Waals surface area contributed by atoms with Gasteiger partial charge in [-0.1, -0.05) is 0 Å². The van der Waals surface area contributed by atoms with Crippen LogP contribution in [0.15, 0.2) is 5.51 Å². The molecule has 2 atom stereocenters. The van der Waals surface area contributed by atoms with E-state index in [-0.39, 0.29) is 11.9 Å². The summed E-state index contributed by atoms with van der Waals surface area (Å²) in [5, 5.41) is 11.9. The fourth-order valence-electron chi connectivity index (χ4n) is 0.913. The highest BCUT2D eigenvalue weighted by Gasteiger charge is 2.16. The van der Waals surface area contributed by atoms with E-state index in [2.05, 4.69) is 10.3 Å². The molecular formula is C9H14N2O2S. The lowest BCUT2D eigenvalue weighted by molar-refractivity contribution is 0.0877. The Balaban J connectivity index is 2.64. The van der Waals surface area contributed by atoms with Gasteiger partial charge in [0.2, 0.25) is 0 Å². The molecule has 1 aromatic heterocycles. The fraction of sp³-hybridized carbons (Fsp3) is 0.556. The average Bonchev–Trinajstić information content (AvgIpc) is 2.51. The summed E-state index contributed by atoms with van der Waals surface area (Å²) in [5.41, 5.74) is 2.36. The van der Waals surface area contributed by atoms with Gasteiger partial charge in [-0.15, -0.1) is 11.3 Å². The Bertz CT molecular complexity index is 322. The monoisotopic (exact) mass is 214 g/mol. The van der Waals surface area contributed by atoms with Crippen molar-refractivity contribution in [2.45, 2.75) is 32.9 Å². The van der Waals surface area contributed by atoms with Gasteiger partial charge < -0.3 is 10.4 Å².